The first kappa shape index (κ1) is 15.9. The van der Waals surface area contributed by atoms with E-state index in [0.29, 0.717) is 18.1 Å². The number of methoxy groups -OCH3 is 1. The third-order valence-corrected chi connectivity index (χ3v) is 3.48. The fourth-order valence-electron chi connectivity index (χ4n) is 2.39. The summed E-state index contributed by atoms with van der Waals surface area (Å²) in [5, 5.41) is 16.4. The van der Waals surface area contributed by atoms with E-state index in [4.69, 9.17) is 15.6 Å². The van der Waals surface area contributed by atoms with Crippen molar-refractivity contribution < 1.29 is 4.74 Å². The van der Waals surface area contributed by atoms with Crippen molar-refractivity contribution in [1.29, 1.82) is 10.8 Å². The lowest BCUT2D eigenvalue weighted by Gasteiger charge is -2.15. The van der Waals surface area contributed by atoms with E-state index in [1.807, 2.05) is 24.3 Å². The maximum absolute atomic E-state index is 8.33. The number of ether oxygens (including phenoxy) is 1. The minimum atomic E-state index is 0.0564. The van der Waals surface area contributed by atoms with Crippen LogP contribution in [0.25, 0.3) is 0 Å². The summed E-state index contributed by atoms with van der Waals surface area (Å²) in [6.07, 6.45) is 3.09. The molecule has 0 fully saturated rings. The summed E-state index contributed by atoms with van der Waals surface area (Å²) in [7, 11) is 1.54. The molecule has 2 N–H and O–H groups in total. The molecule has 0 saturated heterocycles. The molecule has 0 amide bonds. The number of nitrogens with one attached hydrogen (secondary N) is 2. The van der Waals surface area contributed by atoms with Gasteiger partial charge in [-0.05, 0) is 18.4 Å². The standard InChI is InChI=1S/C17H22N4O/c1-3-7-14-12-16(22-2)20-17(19)21(14)15(18)11-10-13-8-5-4-6-9-13/h4-6,8-9,12,18-19H,3,7,10-11H2,1-2H3. The molecule has 0 bridgehead atoms. The number of hydrogen-bond donors (Lipinski definition) is 2. The Hall–Kier alpha value is -2.43. The molecule has 1 heterocycles. The molecule has 22 heavy (non-hydrogen) atoms. The average Bonchev–Trinajstić information content (AvgIpc) is 2.53. The quantitative estimate of drug-likeness (QED) is 0.635. The second kappa shape index (κ2) is 7.54. The van der Waals surface area contributed by atoms with E-state index in [-0.39, 0.29) is 5.62 Å². The number of rotatable bonds is 6. The van der Waals surface area contributed by atoms with Gasteiger partial charge in [0.15, 0.2) is 0 Å². The summed E-state index contributed by atoms with van der Waals surface area (Å²) < 4.78 is 6.75. The Balaban J connectivity index is 2.23. The van der Waals surface area contributed by atoms with Crippen LogP contribution in [0.2, 0.25) is 0 Å². The molecule has 1 aromatic carbocycles. The fraction of sp³-hybridized carbons (Fsp3) is 0.353. The summed E-state index contributed by atoms with van der Waals surface area (Å²) in [5.74, 6) is 0.827. The Bertz CT molecular complexity index is 692. The maximum Gasteiger partial charge on any atom is 0.231 e. The van der Waals surface area contributed by atoms with Crippen LogP contribution >= 0.6 is 0 Å². The van der Waals surface area contributed by atoms with Gasteiger partial charge in [0.2, 0.25) is 11.5 Å². The van der Waals surface area contributed by atoms with Gasteiger partial charge in [0, 0.05) is 18.2 Å². The van der Waals surface area contributed by atoms with Gasteiger partial charge in [-0.15, -0.1) is 0 Å². The van der Waals surface area contributed by atoms with Crippen LogP contribution < -0.4 is 10.4 Å². The van der Waals surface area contributed by atoms with Crippen molar-refractivity contribution >= 4 is 5.84 Å². The molecule has 0 aliphatic heterocycles. The highest BCUT2D eigenvalue weighted by atomic mass is 16.5. The minimum Gasteiger partial charge on any atom is -0.481 e. The highest BCUT2D eigenvalue weighted by Crippen LogP contribution is 2.10. The molecule has 0 saturated carbocycles. The van der Waals surface area contributed by atoms with Gasteiger partial charge in [-0.25, -0.2) is 0 Å². The fourth-order valence-corrected chi connectivity index (χ4v) is 2.39. The van der Waals surface area contributed by atoms with Crippen molar-refractivity contribution in [3.63, 3.8) is 0 Å². The van der Waals surface area contributed by atoms with E-state index in [0.717, 1.165) is 25.0 Å². The summed E-state index contributed by atoms with van der Waals surface area (Å²) in [6.45, 7) is 2.08. The second-order valence-electron chi connectivity index (χ2n) is 5.13. The summed E-state index contributed by atoms with van der Waals surface area (Å²) >= 11 is 0. The predicted octanol–water partition coefficient (Wildman–Crippen LogP) is 2.78. The number of nitrogens with zero attached hydrogens (tertiary/aromatic N) is 2. The second-order valence-corrected chi connectivity index (χ2v) is 5.13. The van der Waals surface area contributed by atoms with Gasteiger partial charge < -0.3 is 4.74 Å². The topological polar surface area (TPSA) is 74.8 Å². The number of hydrogen-bond acceptors (Lipinski definition) is 4. The highest BCUT2D eigenvalue weighted by molar-refractivity contribution is 5.82. The van der Waals surface area contributed by atoms with Gasteiger partial charge in [-0.3, -0.25) is 15.4 Å². The molecule has 0 unspecified atom stereocenters. The molecule has 2 aromatic rings. The Kier molecular flexibility index (Phi) is 5.47. The molecule has 0 spiro atoms. The van der Waals surface area contributed by atoms with Gasteiger partial charge in [-0.2, -0.15) is 4.98 Å². The summed E-state index contributed by atoms with van der Waals surface area (Å²) in [5.41, 5.74) is 2.15. The van der Waals surface area contributed by atoms with Crippen LogP contribution in [-0.2, 0) is 12.8 Å². The molecule has 2 rings (SSSR count). The molecule has 5 nitrogen and oxygen atoms in total. The van der Waals surface area contributed by atoms with Crippen LogP contribution in [0.5, 0.6) is 5.88 Å². The Morgan fingerprint density at radius 1 is 1.23 bits per heavy atom. The largest absolute Gasteiger partial charge is 0.481 e. The van der Waals surface area contributed by atoms with Crippen molar-refractivity contribution in [3.8, 4) is 5.88 Å². The van der Waals surface area contributed by atoms with E-state index >= 15 is 0 Å². The van der Waals surface area contributed by atoms with Crippen LogP contribution in [0.15, 0.2) is 36.4 Å². The molecule has 0 atom stereocenters. The first-order chi connectivity index (χ1) is 10.7. The molecule has 1 aromatic heterocycles. The zero-order valence-corrected chi connectivity index (χ0v) is 13.1. The lowest BCUT2D eigenvalue weighted by molar-refractivity contribution is 0.391. The lowest BCUT2D eigenvalue weighted by Crippen LogP contribution is -2.32. The van der Waals surface area contributed by atoms with E-state index < -0.39 is 0 Å². The SMILES string of the molecule is CCCc1cc(OC)nc(=N)n1C(=N)CCc1ccccc1. The zero-order valence-electron chi connectivity index (χ0n) is 13.1. The summed E-state index contributed by atoms with van der Waals surface area (Å²) in [6, 6.07) is 11.9. The van der Waals surface area contributed by atoms with Crippen LogP contribution in [0, 0.1) is 10.8 Å². The first-order valence-corrected chi connectivity index (χ1v) is 7.49. The van der Waals surface area contributed by atoms with Gasteiger partial charge in [0.25, 0.3) is 0 Å². The Morgan fingerprint density at radius 2 is 1.95 bits per heavy atom. The van der Waals surface area contributed by atoms with Crippen LogP contribution in [0.4, 0.5) is 0 Å². The molecule has 0 radical (unpaired) electrons. The van der Waals surface area contributed by atoms with E-state index in [2.05, 4.69) is 24.0 Å². The molecule has 0 aliphatic carbocycles. The predicted molar refractivity (Wildman–Crippen MR) is 86.5 cm³/mol. The third kappa shape index (κ3) is 3.81. The normalized spacial score (nSPS) is 10.5. The number of aryl methyl sites for hydroxylation is 2. The Morgan fingerprint density at radius 3 is 2.59 bits per heavy atom. The highest BCUT2D eigenvalue weighted by Gasteiger charge is 2.10. The van der Waals surface area contributed by atoms with Crippen molar-refractivity contribution in [3.05, 3.63) is 53.3 Å². The van der Waals surface area contributed by atoms with Gasteiger partial charge >= 0.3 is 0 Å². The van der Waals surface area contributed by atoms with E-state index in [1.54, 1.807) is 11.7 Å². The van der Waals surface area contributed by atoms with Gasteiger partial charge in [0.1, 0.15) is 5.84 Å². The van der Waals surface area contributed by atoms with Gasteiger partial charge in [0.05, 0.1) is 7.11 Å². The third-order valence-electron chi connectivity index (χ3n) is 3.48. The zero-order chi connectivity index (χ0) is 15.9. The number of benzene rings is 1. The van der Waals surface area contributed by atoms with Crippen LogP contribution in [0.3, 0.4) is 0 Å². The smallest absolute Gasteiger partial charge is 0.231 e. The molecular formula is C17H22N4O. The Labute approximate surface area is 130 Å². The van der Waals surface area contributed by atoms with Crippen LogP contribution in [-0.4, -0.2) is 22.5 Å². The molecular weight excluding hydrogens is 276 g/mol. The van der Waals surface area contributed by atoms with E-state index in [9.17, 15) is 0 Å². The first-order valence-electron chi connectivity index (χ1n) is 7.49. The number of aromatic nitrogens is 2. The minimum absolute atomic E-state index is 0.0564. The van der Waals surface area contributed by atoms with Gasteiger partial charge in [-0.1, -0.05) is 43.7 Å². The lowest BCUT2D eigenvalue weighted by atomic mass is 10.1. The summed E-state index contributed by atoms with van der Waals surface area (Å²) in [4.78, 5) is 4.08. The molecule has 0 aliphatic rings. The van der Waals surface area contributed by atoms with Crippen molar-refractivity contribution in [2.45, 2.75) is 32.6 Å². The van der Waals surface area contributed by atoms with Crippen molar-refractivity contribution in [2.24, 2.45) is 0 Å². The monoisotopic (exact) mass is 298 g/mol. The maximum atomic E-state index is 8.33. The molecule has 5 heteroatoms. The molecule has 116 valence electrons. The van der Waals surface area contributed by atoms with Crippen molar-refractivity contribution in [2.75, 3.05) is 7.11 Å². The van der Waals surface area contributed by atoms with Crippen LogP contribution in [0.1, 0.15) is 31.0 Å². The van der Waals surface area contributed by atoms with E-state index in [1.165, 1.54) is 5.56 Å². The average molecular weight is 298 g/mol. The van der Waals surface area contributed by atoms with Crippen molar-refractivity contribution in [1.82, 2.24) is 9.55 Å².